The number of pyridine rings is 1. The molecule has 0 atom stereocenters. The number of amides is 1. The van der Waals surface area contributed by atoms with Crippen molar-refractivity contribution in [2.45, 2.75) is 13.5 Å². The molecule has 3 N–H and O–H groups in total. The minimum Gasteiger partial charge on any atom is -0.396 e. The quantitative estimate of drug-likeness (QED) is 0.857. The Labute approximate surface area is 103 Å². The van der Waals surface area contributed by atoms with Gasteiger partial charge >= 0.3 is 0 Å². The van der Waals surface area contributed by atoms with Crippen molar-refractivity contribution in [1.29, 1.82) is 0 Å². The number of halogens is 1. The number of hydrogen-bond acceptors (Lipinski definition) is 4. The number of aromatic nitrogens is 3. The molecule has 2 aromatic heterocycles. The van der Waals surface area contributed by atoms with E-state index in [1.54, 1.807) is 6.20 Å². The molecule has 18 heavy (non-hydrogen) atoms. The monoisotopic (exact) mass is 249 g/mol. The van der Waals surface area contributed by atoms with Crippen LogP contribution in [0.5, 0.6) is 0 Å². The predicted octanol–water partition coefficient (Wildman–Crippen LogP) is 1.27. The van der Waals surface area contributed by atoms with Crippen LogP contribution in [0.2, 0.25) is 0 Å². The fourth-order valence-electron chi connectivity index (χ4n) is 1.43. The largest absolute Gasteiger partial charge is 0.396 e. The first kappa shape index (κ1) is 12.0. The standard InChI is InChI=1S/C11H12FN5O/c1-2-17-6-8(13)10(16-17)11(18)15-9-3-4-14-5-7(9)12/h3-6H,2,13H2,1H3,(H,14,15,18). The number of hydrogen-bond donors (Lipinski definition) is 2. The summed E-state index contributed by atoms with van der Waals surface area (Å²) in [6, 6.07) is 1.36. The number of nitrogen functional groups attached to an aromatic ring is 1. The molecular weight excluding hydrogens is 237 g/mol. The van der Waals surface area contributed by atoms with Crippen LogP contribution in [0.4, 0.5) is 15.8 Å². The molecule has 94 valence electrons. The Balaban J connectivity index is 2.22. The summed E-state index contributed by atoms with van der Waals surface area (Å²) in [7, 11) is 0. The molecule has 0 aliphatic heterocycles. The van der Waals surface area contributed by atoms with Gasteiger partial charge in [0, 0.05) is 18.9 Å². The van der Waals surface area contributed by atoms with Gasteiger partial charge in [-0.05, 0) is 13.0 Å². The van der Waals surface area contributed by atoms with Crippen LogP contribution in [0, 0.1) is 5.82 Å². The van der Waals surface area contributed by atoms with Crippen molar-refractivity contribution in [3.05, 3.63) is 36.2 Å². The lowest BCUT2D eigenvalue weighted by Crippen LogP contribution is -2.15. The minimum absolute atomic E-state index is 0.0421. The molecule has 2 heterocycles. The van der Waals surface area contributed by atoms with E-state index < -0.39 is 11.7 Å². The van der Waals surface area contributed by atoms with Crippen LogP contribution in [0.15, 0.2) is 24.7 Å². The Bertz CT molecular complexity index is 581. The van der Waals surface area contributed by atoms with E-state index in [-0.39, 0.29) is 17.1 Å². The number of aryl methyl sites for hydroxylation is 1. The zero-order valence-electron chi connectivity index (χ0n) is 9.72. The second kappa shape index (κ2) is 4.82. The van der Waals surface area contributed by atoms with Crippen molar-refractivity contribution in [2.75, 3.05) is 11.1 Å². The first-order valence-corrected chi connectivity index (χ1v) is 5.35. The lowest BCUT2D eigenvalue weighted by atomic mass is 10.3. The van der Waals surface area contributed by atoms with E-state index in [1.807, 2.05) is 6.92 Å². The highest BCUT2D eigenvalue weighted by molar-refractivity contribution is 6.06. The second-order valence-electron chi connectivity index (χ2n) is 3.60. The number of carbonyl (C=O) groups is 1. The summed E-state index contributed by atoms with van der Waals surface area (Å²) in [6.07, 6.45) is 3.95. The van der Waals surface area contributed by atoms with Crippen LogP contribution in [-0.4, -0.2) is 20.7 Å². The zero-order chi connectivity index (χ0) is 13.1. The van der Waals surface area contributed by atoms with Crippen LogP contribution < -0.4 is 11.1 Å². The summed E-state index contributed by atoms with van der Waals surface area (Å²) in [5.74, 6) is -1.16. The Morgan fingerprint density at radius 2 is 2.39 bits per heavy atom. The van der Waals surface area contributed by atoms with Crippen molar-refractivity contribution >= 4 is 17.3 Å². The van der Waals surface area contributed by atoms with Gasteiger partial charge in [-0.15, -0.1) is 0 Å². The molecule has 0 spiro atoms. The van der Waals surface area contributed by atoms with Gasteiger partial charge in [-0.1, -0.05) is 0 Å². The molecule has 0 aliphatic rings. The fraction of sp³-hybridized carbons (Fsp3) is 0.182. The maximum Gasteiger partial charge on any atom is 0.278 e. The lowest BCUT2D eigenvalue weighted by Gasteiger charge is -2.04. The van der Waals surface area contributed by atoms with Crippen molar-refractivity contribution in [3.8, 4) is 0 Å². The van der Waals surface area contributed by atoms with E-state index in [1.165, 1.54) is 16.9 Å². The zero-order valence-corrected chi connectivity index (χ0v) is 9.72. The van der Waals surface area contributed by atoms with Crippen LogP contribution in [0.1, 0.15) is 17.4 Å². The van der Waals surface area contributed by atoms with E-state index in [0.717, 1.165) is 6.20 Å². The lowest BCUT2D eigenvalue weighted by molar-refractivity contribution is 0.102. The first-order chi connectivity index (χ1) is 8.61. The third-order valence-corrected chi connectivity index (χ3v) is 2.35. The number of rotatable bonds is 3. The van der Waals surface area contributed by atoms with Gasteiger partial charge in [0.2, 0.25) is 0 Å². The average molecular weight is 249 g/mol. The van der Waals surface area contributed by atoms with Gasteiger partial charge in [-0.3, -0.25) is 14.5 Å². The van der Waals surface area contributed by atoms with Gasteiger partial charge in [-0.25, -0.2) is 4.39 Å². The van der Waals surface area contributed by atoms with Crippen LogP contribution in [0.25, 0.3) is 0 Å². The van der Waals surface area contributed by atoms with Crippen LogP contribution in [0.3, 0.4) is 0 Å². The van der Waals surface area contributed by atoms with Crippen molar-refractivity contribution in [3.63, 3.8) is 0 Å². The number of nitrogens with one attached hydrogen (secondary N) is 1. The van der Waals surface area contributed by atoms with E-state index in [2.05, 4.69) is 15.4 Å². The van der Waals surface area contributed by atoms with E-state index >= 15 is 0 Å². The Kier molecular flexibility index (Phi) is 3.22. The molecule has 2 rings (SSSR count). The molecule has 2 aromatic rings. The van der Waals surface area contributed by atoms with E-state index in [9.17, 15) is 9.18 Å². The molecule has 0 radical (unpaired) electrons. The number of nitrogens with zero attached hydrogens (tertiary/aromatic N) is 3. The fourth-order valence-corrected chi connectivity index (χ4v) is 1.43. The summed E-state index contributed by atoms with van der Waals surface area (Å²) in [6.45, 7) is 2.47. The topological polar surface area (TPSA) is 85.8 Å². The molecule has 0 saturated heterocycles. The summed E-state index contributed by atoms with van der Waals surface area (Å²) in [5.41, 5.74) is 6.03. The average Bonchev–Trinajstić information content (AvgIpc) is 2.73. The maximum absolute atomic E-state index is 13.3. The molecule has 0 bridgehead atoms. The van der Waals surface area contributed by atoms with Gasteiger partial charge in [0.15, 0.2) is 11.5 Å². The molecule has 0 aromatic carbocycles. The van der Waals surface area contributed by atoms with Gasteiger partial charge in [0.1, 0.15) is 0 Å². The minimum atomic E-state index is -0.612. The number of carbonyl (C=O) groups excluding carboxylic acids is 1. The summed E-state index contributed by atoms with van der Waals surface area (Å²) in [4.78, 5) is 15.5. The molecule has 6 nitrogen and oxygen atoms in total. The molecule has 1 amide bonds. The highest BCUT2D eigenvalue weighted by atomic mass is 19.1. The molecule has 0 aliphatic carbocycles. The molecule has 0 saturated carbocycles. The summed E-state index contributed by atoms with van der Waals surface area (Å²) >= 11 is 0. The SMILES string of the molecule is CCn1cc(N)c(C(=O)Nc2ccncc2F)n1. The van der Waals surface area contributed by atoms with Crippen LogP contribution in [-0.2, 0) is 6.54 Å². The highest BCUT2D eigenvalue weighted by Crippen LogP contribution is 2.15. The smallest absolute Gasteiger partial charge is 0.278 e. The van der Waals surface area contributed by atoms with Crippen molar-refractivity contribution in [1.82, 2.24) is 14.8 Å². The number of anilines is 2. The van der Waals surface area contributed by atoms with Crippen LogP contribution >= 0.6 is 0 Å². The maximum atomic E-state index is 13.3. The van der Waals surface area contributed by atoms with Gasteiger partial charge < -0.3 is 11.1 Å². The molecule has 0 unspecified atom stereocenters. The van der Waals surface area contributed by atoms with Gasteiger partial charge in [-0.2, -0.15) is 5.10 Å². The molecule has 7 heteroatoms. The summed E-state index contributed by atoms with van der Waals surface area (Å²) < 4.78 is 14.8. The first-order valence-electron chi connectivity index (χ1n) is 5.35. The van der Waals surface area contributed by atoms with E-state index in [0.29, 0.717) is 6.54 Å². The molecular formula is C11H12FN5O. The number of nitrogens with two attached hydrogens (primary N) is 1. The van der Waals surface area contributed by atoms with Crippen molar-refractivity contribution < 1.29 is 9.18 Å². The molecule has 0 fully saturated rings. The Hall–Kier alpha value is -2.44. The van der Waals surface area contributed by atoms with E-state index in [4.69, 9.17) is 5.73 Å². The second-order valence-corrected chi connectivity index (χ2v) is 3.60. The Morgan fingerprint density at radius 3 is 3.00 bits per heavy atom. The van der Waals surface area contributed by atoms with Gasteiger partial charge in [0.05, 0.1) is 17.6 Å². The third kappa shape index (κ3) is 2.29. The third-order valence-electron chi connectivity index (χ3n) is 2.35. The van der Waals surface area contributed by atoms with Gasteiger partial charge in [0.25, 0.3) is 5.91 Å². The predicted molar refractivity (Wildman–Crippen MR) is 64.5 cm³/mol. The van der Waals surface area contributed by atoms with Crippen molar-refractivity contribution in [2.24, 2.45) is 0 Å². The highest BCUT2D eigenvalue weighted by Gasteiger charge is 2.16. The normalized spacial score (nSPS) is 10.3. The Morgan fingerprint density at radius 1 is 1.61 bits per heavy atom. The summed E-state index contributed by atoms with van der Waals surface area (Å²) in [5, 5.41) is 6.39.